The first-order valence-electron chi connectivity index (χ1n) is 12.0. The lowest BCUT2D eigenvalue weighted by Crippen LogP contribution is -2.47. The van der Waals surface area contributed by atoms with Crippen molar-refractivity contribution in [1.82, 2.24) is 24.3 Å². The molecule has 9 heteroatoms. The fourth-order valence-corrected chi connectivity index (χ4v) is 4.81. The van der Waals surface area contributed by atoms with Crippen molar-refractivity contribution in [3.8, 4) is 0 Å². The summed E-state index contributed by atoms with van der Waals surface area (Å²) in [5.41, 5.74) is -0.382. The van der Waals surface area contributed by atoms with E-state index < -0.39 is 5.69 Å². The topological polar surface area (TPSA) is 96.7 Å². The van der Waals surface area contributed by atoms with E-state index in [1.165, 1.54) is 4.57 Å². The van der Waals surface area contributed by atoms with Crippen LogP contribution in [0.4, 0.5) is 0 Å². The van der Waals surface area contributed by atoms with Crippen LogP contribution in [0.15, 0.2) is 33.9 Å². The summed E-state index contributed by atoms with van der Waals surface area (Å²) in [6.45, 7) is 8.52. The van der Waals surface area contributed by atoms with Crippen LogP contribution in [0.2, 0.25) is 0 Å². The van der Waals surface area contributed by atoms with E-state index in [0.29, 0.717) is 43.4 Å². The SMILES string of the molecule is CCn1c(=O)c2ccccc2n(CC(=O)N2CCC(C(=O)NCC(C)(C)CN(C)C)CC2)c1=O. The molecule has 1 aliphatic rings. The molecule has 1 fully saturated rings. The zero-order valence-electron chi connectivity index (χ0n) is 21.0. The van der Waals surface area contributed by atoms with Gasteiger partial charge >= 0.3 is 5.69 Å². The summed E-state index contributed by atoms with van der Waals surface area (Å²) in [4.78, 5) is 55.1. The number of nitrogens with zero attached hydrogens (tertiary/aromatic N) is 4. The smallest absolute Gasteiger partial charge is 0.331 e. The van der Waals surface area contributed by atoms with Crippen LogP contribution in [0.3, 0.4) is 0 Å². The van der Waals surface area contributed by atoms with Gasteiger partial charge in [0, 0.05) is 38.6 Å². The van der Waals surface area contributed by atoms with Gasteiger partial charge in [0.15, 0.2) is 0 Å². The van der Waals surface area contributed by atoms with Crippen molar-refractivity contribution in [2.45, 2.75) is 46.7 Å². The summed E-state index contributed by atoms with van der Waals surface area (Å²) >= 11 is 0. The molecule has 0 saturated carbocycles. The molecule has 0 atom stereocenters. The molecule has 0 unspecified atom stereocenters. The molecule has 0 bridgehead atoms. The predicted octanol–water partition coefficient (Wildman–Crippen LogP) is 1.13. The van der Waals surface area contributed by atoms with Gasteiger partial charge in [-0.3, -0.25) is 23.5 Å². The van der Waals surface area contributed by atoms with E-state index in [1.54, 1.807) is 36.1 Å². The average molecular weight is 472 g/mol. The molecule has 2 amide bonds. The molecule has 0 spiro atoms. The van der Waals surface area contributed by atoms with Gasteiger partial charge < -0.3 is 15.1 Å². The number of hydrogen-bond acceptors (Lipinski definition) is 5. The average Bonchev–Trinajstić information content (AvgIpc) is 2.80. The van der Waals surface area contributed by atoms with Crippen LogP contribution in [-0.2, 0) is 22.7 Å². The van der Waals surface area contributed by atoms with Gasteiger partial charge in [-0.15, -0.1) is 0 Å². The third kappa shape index (κ3) is 5.75. The third-order valence-electron chi connectivity index (χ3n) is 6.45. The Kier molecular flexibility index (Phi) is 7.97. The maximum absolute atomic E-state index is 13.1. The molecule has 0 aliphatic carbocycles. The minimum atomic E-state index is -0.478. The van der Waals surface area contributed by atoms with Crippen molar-refractivity contribution in [2.24, 2.45) is 11.3 Å². The number of likely N-dealkylation sites (tertiary alicyclic amines) is 1. The van der Waals surface area contributed by atoms with Crippen LogP contribution in [-0.4, -0.2) is 71.0 Å². The molecule has 1 aliphatic heterocycles. The number of benzene rings is 1. The normalized spacial score (nSPS) is 15.2. The van der Waals surface area contributed by atoms with Gasteiger partial charge in [0.1, 0.15) is 6.54 Å². The van der Waals surface area contributed by atoms with Gasteiger partial charge in [0.05, 0.1) is 10.9 Å². The quantitative estimate of drug-likeness (QED) is 0.623. The van der Waals surface area contributed by atoms with Crippen LogP contribution in [0, 0.1) is 11.3 Å². The van der Waals surface area contributed by atoms with Crippen LogP contribution in [0.25, 0.3) is 10.9 Å². The Labute approximate surface area is 200 Å². The molecule has 9 nitrogen and oxygen atoms in total. The molecule has 1 aromatic heterocycles. The number of piperidine rings is 1. The van der Waals surface area contributed by atoms with Crippen molar-refractivity contribution >= 4 is 22.7 Å². The number of amides is 2. The zero-order valence-corrected chi connectivity index (χ0v) is 21.0. The van der Waals surface area contributed by atoms with Crippen LogP contribution >= 0.6 is 0 Å². The molecule has 1 aromatic carbocycles. The Morgan fingerprint density at radius 1 is 1.09 bits per heavy atom. The number of rotatable bonds is 8. The lowest BCUT2D eigenvalue weighted by Gasteiger charge is -2.33. The molecular weight excluding hydrogens is 434 g/mol. The maximum atomic E-state index is 13.1. The first-order valence-corrected chi connectivity index (χ1v) is 12.0. The summed E-state index contributed by atoms with van der Waals surface area (Å²) in [7, 11) is 4.04. The number of fused-ring (bicyclic) bond motifs is 1. The highest BCUT2D eigenvalue weighted by Gasteiger charge is 2.29. The fourth-order valence-electron chi connectivity index (χ4n) is 4.81. The highest BCUT2D eigenvalue weighted by Crippen LogP contribution is 2.20. The molecular formula is C25H37N5O4. The Morgan fingerprint density at radius 3 is 2.35 bits per heavy atom. The van der Waals surface area contributed by atoms with E-state index in [1.807, 2.05) is 14.1 Å². The fraction of sp³-hybridized carbons (Fsp3) is 0.600. The number of carbonyl (C=O) groups excluding carboxylic acids is 2. The van der Waals surface area contributed by atoms with Crippen molar-refractivity contribution in [1.29, 1.82) is 0 Å². The highest BCUT2D eigenvalue weighted by atomic mass is 16.2. The number of aromatic nitrogens is 2. The minimum absolute atomic E-state index is 0.0269. The Bertz CT molecular complexity index is 1160. The Hall–Kier alpha value is -2.94. The maximum Gasteiger partial charge on any atom is 0.331 e. The van der Waals surface area contributed by atoms with E-state index in [4.69, 9.17) is 0 Å². The largest absolute Gasteiger partial charge is 0.355 e. The monoisotopic (exact) mass is 471 g/mol. The van der Waals surface area contributed by atoms with Crippen LogP contribution in [0.5, 0.6) is 0 Å². The number of nitrogens with one attached hydrogen (secondary N) is 1. The molecule has 2 heterocycles. The number of carbonyl (C=O) groups is 2. The van der Waals surface area contributed by atoms with Gasteiger partial charge in [0.25, 0.3) is 5.56 Å². The van der Waals surface area contributed by atoms with E-state index in [0.717, 1.165) is 11.1 Å². The summed E-state index contributed by atoms with van der Waals surface area (Å²) in [6.07, 6.45) is 1.19. The summed E-state index contributed by atoms with van der Waals surface area (Å²) in [6, 6.07) is 6.87. The van der Waals surface area contributed by atoms with Crippen LogP contribution < -0.4 is 16.6 Å². The number of para-hydroxylation sites is 1. The summed E-state index contributed by atoms with van der Waals surface area (Å²) in [5.74, 6) is -0.263. The minimum Gasteiger partial charge on any atom is -0.355 e. The van der Waals surface area contributed by atoms with E-state index in [9.17, 15) is 19.2 Å². The Balaban J connectivity index is 1.64. The second-order valence-electron chi connectivity index (χ2n) is 10.2. The van der Waals surface area contributed by atoms with Crippen molar-refractivity contribution in [3.63, 3.8) is 0 Å². The predicted molar refractivity (Wildman–Crippen MR) is 133 cm³/mol. The molecule has 3 rings (SSSR count). The number of hydrogen-bond donors (Lipinski definition) is 1. The van der Waals surface area contributed by atoms with Crippen LogP contribution in [0.1, 0.15) is 33.6 Å². The van der Waals surface area contributed by atoms with Gasteiger partial charge in [-0.1, -0.05) is 26.0 Å². The molecule has 34 heavy (non-hydrogen) atoms. The van der Waals surface area contributed by atoms with Crippen molar-refractivity contribution < 1.29 is 9.59 Å². The second-order valence-corrected chi connectivity index (χ2v) is 10.2. The Morgan fingerprint density at radius 2 is 1.74 bits per heavy atom. The van der Waals surface area contributed by atoms with Gasteiger partial charge in [-0.25, -0.2) is 4.79 Å². The molecule has 0 radical (unpaired) electrons. The second kappa shape index (κ2) is 10.5. The van der Waals surface area contributed by atoms with E-state index in [2.05, 4.69) is 24.1 Å². The standard InChI is InChI=1S/C25H37N5O4/c1-6-29-23(33)19-9-7-8-10-20(19)30(24(29)34)15-21(31)28-13-11-18(12-14-28)22(32)26-16-25(2,3)17-27(4)5/h7-10,18H,6,11-17H2,1-5H3,(H,26,32). The highest BCUT2D eigenvalue weighted by molar-refractivity contribution is 5.82. The lowest BCUT2D eigenvalue weighted by molar-refractivity contribution is -0.136. The zero-order chi connectivity index (χ0) is 25.0. The summed E-state index contributed by atoms with van der Waals surface area (Å²) < 4.78 is 2.54. The lowest BCUT2D eigenvalue weighted by atomic mass is 9.91. The molecule has 2 aromatic rings. The third-order valence-corrected chi connectivity index (χ3v) is 6.45. The van der Waals surface area contributed by atoms with E-state index in [-0.39, 0.29) is 41.8 Å². The summed E-state index contributed by atoms with van der Waals surface area (Å²) in [5, 5.41) is 3.50. The molecule has 186 valence electrons. The van der Waals surface area contributed by atoms with Crippen molar-refractivity contribution in [3.05, 3.63) is 45.1 Å². The van der Waals surface area contributed by atoms with Gasteiger partial charge in [0.2, 0.25) is 11.8 Å². The molecule has 1 saturated heterocycles. The first-order chi connectivity index (χ1) is 16.0. The van der Waals surface area contributed by atoms with Gasteiger partial charge in [-0.05, 0) is 51.4 Å². The van der Waals surface area contributed by atoms with Crippen molar-refractivity contribution in [2.75, 3.05) is 40.3 Å². The van der Waals surface area contributed by atoms with Gasteiger partial charge in [-0.2, -0.15) is 0 Å². The first kappa shape index (κ1) is 25.7. The van der Waals surface area contributed by atoms with E-state index >= 15 is 0 Å². The molecule has 1 N–H and O–H groups in total.